The highest BCUT2D eigenvalue weighted by atomic mass is 35.5. The number of benzene rings is 2. The summed E-state index contributed by atoms with van der Waals surface area (Å²) >= 11 is 0. The van der Waals surface area contributed by atoms with E-state index in [2.05, 4.69) is 43.2 Å². The monoisotopic (exact) mass is 463 g/mol. The van der Waals surface area contributed by atoms with E-state index in [0.29, 0.717) is 23.9 Å². The molecule has 32 heavy (non-hydrogen) atoms. The third-order valence-electron chi connectivity index (χ3n) is 5.43. The topological polar surface area (TPSA) is 128 Å². The second kappa shape index (κ2) is 10.5. The Morgan fingerprint density at radius 2 is 1.53 bits per heavy atom. The van der Waals surface area contributed by atoms with Crippen molar-refractivity contribution in [3.05, 3.63) is 63.1 Å². The van der Waals surface area contributed by atoms with Gasteiger partial charge in [0.2, 0.25) is 0 Å². The molecule has 174 valence electrons. The summed E-state index contributed by atoms with van der Waals surface area (Å²) in [5, 5.41) is 3.36. The van der Waals surface area contributed by atoms with Gasteiger partial charge in [0.15, 0.2) is 11.5 Å². The van der Waals surface area contributed by atoms with Crippen molar-refractivity contribution < 1.29 is 20.4 Å². The number of fused-ring (bicyclic) bond motifs is 3. The molecule has 1 aromatic heterocycles. The number of ether oxygens (including phenoxy) is 2. The van der Waals surface area contributed by atoms with E-state index in [4.69, 9.17) is 9.47 Å². The van der Waals surface area contributed by atoms with Gasteiger partial charge in [0.05, 0.1) is 19.9 Å². The van der Waals surface area contributed by atoms with Crippen molar-refractivity contribution >= 4 is 23.9 Å². The summed E-state index contributed by atoms with van der Waals surface area (Å²) < 4.78 is 12.6. The molecule has 0 atom stereocenters. The van der Waals surface area contributed by atoms with Gasteiger partial charge in [0.1, 0.15) is 5.82 Å². The average molecular weight is 464 g/mol. The normalized spacial score (nSPS) is 11.0. The van der Waals surface area contributed by atoms with Crippen LogP contribution < -0.4 is 20.5 Å². The van der Waals surface area contributed by atoms with Crippen molar-refractivity contribution in [2.75, 3.05) is 19.5 Å². The molecule has 0 spiro atoms. The molecule has 0 radical (unpaired) electrons. The van der Waals surface area contributed by atoms with Gasteiger partial charge < -0.3 is 25.7 Å². The first-order valence-corrected chi connectivity index (χ1v) is 9.63. The van der Waals surface area contributed by atoms with Crippen LogP contribution >= 0.6 is 12.4 Å². The van der Waals surface area contributed by atoms with Crippen molar-refractivity contribution in [2.24, 2.45) is 0 Å². The zero-order valence-corrected chi connectivity index (χ0v) is 19.6. The van der Waals surface area contributed by atoms with Crippen LogP contribution in [-0.2, 0) is 13.0 Å². The zero-order valence-electron chi connectivity index (χ0n) is 18.8. The molecule has 2 heterocycles. The molecule has 5 N–H and O–H groups in total. The van der Waals surface area contributed by atoms with Crippen LogP contribution in [-0.4, -0.2) is 34.7 Å². The minimum absolute atomic E-state index is 0. The third-order valence-corrected chi connectivity index (χ3v) is 5.43. The molecule has 4 rings (SSSR count). The Balaban J connectivity index is 0.00000171. The van der Waals surface area contributed by atoms with Crippen LogP contribution in [0.3, 0.4) is 0 Å². The molecular formula is C23H30ClN3O5. The van der Waals surface area contributed by atoms with Crippen molar-refractivity contribution in [1.82, 2.24) is 9.55 Å². The lowest BCUT2D eigenvalue weighted by Crippen LogP contribution is -2.28. The van der Waals surface area contributed by atoms with Crippen molar-refractivity contribution in [2.45, 2.75) is 33.7 Å². The standard InChI is InChI=1S/C23H25N3O3.ClH.2H2O/c1-13-8-14(2)22(15(3)9-13)24-21-12-18-17-11-20(29-5)19(28-4)10-16(17)6-7-26(18)23(27)25-21;;;/h8-12H,6-7H2,1-5H3,(H,24,25,27);1H;2*1H2. The van der Waals surface area contributed by atoms with Gasteiger partial charge in [-0.25, -0.2) is 4.79 Å². The Labute approximate surface area is 193 Å². The maximum Gasteiger partial charge on any atom is 0.350 e. The van der Waals surface area contributed by atoms with Gasteiger partial charge in [0.25, 0.3) is 0 Å². The summed E-state index contributed by atoms with van der Waals surface area (Å²) in [5.41, 5.74) is 7.10. The number of hydrogen-bond acceptors (Lipinski definition) is 5. The fourth-order valence-electron chi connectivity index (χ4n) is 4.11. The number of rotatable bonds is 4. The number of anilines is 2. The lowest BCUT2D eigenvalue weighted by Gasteiger charge is -2.24. The van der Waals surface area contributed by atoms with Gasteiger partial charge in [-0.3, -0.25) is 4.57 Å². The van der Waals surface area contributed by atoms with E-state index in [-0.39, 0.29) is 29.0 Å². The van der Waals surface area contributed by atoms with Gasteiger partial charge in [0, 0.05) is 23.9 Å². The fourth-order valence-corrected chi connectivity index (χ4v) is 4.11. The van der Waals surface area contributed by atoms with Crippen LogP contribution in [0.1, 0.15) is 22.3 Å². The molecular weight excluding hydrogens is 434 g/mol. The highest BCUT2D eigenvalue weighted by Crippen LogP contribution is 2.38. The zero-order chi connectivity index (χ0) is 20.7. The number of aryl methyl sites for hydroxylation is 4. The minimum atomic E-state index is -0.257. The van der Waals surface area contributed by atoms with Crippen LogP contribution in [0.4, 0.5) is 11.5 Å². The van der Waals surface area contributed by atoms with E-state index in [1.165, 1.54) is 5.56 Å². The Hall–Kier alpha value is -3.07. The van der Waals surface area contributed by atoms with Gasteiger partial charge in [-0.15, -0.1) is 12.4 Å². The lowest BCUT2D eigenvalue weighted by atomic mass is 9.96. The summed E-state index contributed by atoms with van der Waals surface area (Å²) in [6.07, 6.45) is 0.743. The maximum atomic E-state index is 12.7. The van der Waals surface area contributed by atoms with Crippen molar-refractivity contribution in [1.29, 1.82) is 0 Å². The molecule has 0 saturated heterocycles. The Bertz CT molecular complexity index is 1150. The van der Waals surface area contributed by atoms with E-state index in [9.17, 15) is 4.79 Å². The molecule has 0 bridgehead atoms. The molecule has 3 aromatic rings. The van der Waals surface area contributed by atoms with E-state index >= 15 is 0 Å². The highest BCUT2D eigenvalue weighted by Gasteiger charge is 2.22. The van der Waals surface area contributed by atoms with Crippen LogP contribution in [0, 0.1) is 20.8 Å². The molecule has 0 unspecified atom stereocenters. The number of methoxy groups -OCH3 is 2. The molecule has 9 heteroatoms. The van der Waals surface area contributed by atoms with Crippen LogP contribution in [0.25, 0.3) is 11.3 Å². The van der Waals surface area contributed by atoms with E-state index in [0.717, 1.165) is 40.1 Å². The second-order valence-corrected chi connectivity index (χ2v) is 7.47. The summed E-state index contributed by atoms with van der Waals surface area (Å²) in [4.78, 5) is 17.0. The van der Waals surface area contributed by atoms with Gasteiger partial charge in [-0.05, 0) is 56.0 Å². The van der Waals surface area contributed by atoms with E-state index in [1.807, 2.05) is 18.2 Å². The number of aromatic nitrogens is 2. The number of nitrogens with one attached hydrogen (secondary N) is 1. The molecule has 2 aromatic carbocycles. The largest absolute Gasteiger partial charge is 0.493 e. The highest BCUT2D eigenvalue weighted by molar-refractivity contribution is 5.85. The predicted octanol–water partition coefficient (Wildman–Crippen LogP) is 2.92. The predicted molar refractivity (Wildman–Crippen MR) is 129 cm³/mol. The summed E-state index contributed by atoms with van der Waals surface area (Å²) in [6.45, 7) is 6.78. The van der Waals surface area contributed by atoms with E-state index < -0.39 is 0 Å². The summed E-state index contributed by atoms with van der Waals surface area (Å²) in [6, 6.07) is 10.1. The first-order chi connectivity index (χ1) is 13.9. The third kappa shape index (κ3) is 4.72. The molecule has 0 amide bonds. The fraction of sp³-hybridized carbons (Fsp3) is 0.304. The first-order valence-electron chi connectivity index (χ1n) is 9.63. The smallest absolute Gasteiger partial charge is 0.350 e. The Morgan fingerprint density at radius 1 is 0.938 bits per heavy atom. The van der Waals surface area contributed by atoms with Gasteiger partial charge in [-0.1, -0.05) is 17.7 Å². The first kappa shape index (κ1) is 27.0. The SMILES string of the molecule is COc1cc2c(cc1OC)-c1cc(Nc3c(C)cc(C)cc3C)nc(=O)n1CC2.Cl.O.O. The van der Waals surface area contributed by atoms with Gasteiger partial charge >= 0.3 is 5.69 Å². The minimum Gasteiger partial charge on any atom is -0.493 e. The molecule has 0 fully saturated rings. The van der Waals surface area contributed by atoms with Crippen LogP contribution in [0.15, 0.2) is 35.1 Å². The molecule has 1 aliphatic rings. The summed E-state index contributed by atoms with van der Waals surface area (Å²) in [7, 11) is 3.24. The molecule has 0 saturated carbocycles. The summed E-state index contributed by atoms with van der Waals surface area (Å²) in [5.74, 6) is 1.88. The van der Waals surface area contributed by atoms with Gasteiger partial charge in [-0.2, -0.15) is 4.98 Å². The quantitative estimate of drug-likeness (QED) is 0.636. The van der Waals surface area contributed by atoms with E-state index in [1.54, 1.807) is 18.8 Å². The van der Waals surface area contributed by atoms with Crippen molar-refractivity contribution in [3.63, 3.8) is 0 Å². The maximum absolute atomic E-state index is 12.7. The second-order valence-electron chi connectivity index (χ2n) is 7.47. The lowest BCUT2D eigenvalue weighted by molar-refractivity contribution is 0.354. The number of nitrogens with zero attached hydrogens (tertiary/aromatic N) is 2. The number of halogens is 1. The van der Waals surface area contributed by atoms with Crippen molar-refractivity contribution in [3.8, 4) is 22.8 Å². The van der Waals surface area contributed by atoms with Crippen LogP contribution in [0.2, 0.25) is 0 Å². The van der Waals surface area contributed by atoms with Crippen LogP contribution in [0.5, 0.6) is 11.5 Å². The molecule has 0 aliphatic carbocycles. The average Bonchev–Trinajstić information content (AvgIpc) is 2.69. The Morgan fingerprint density at radius 3 is 2.12 bits per heavy atom. The Kier molecular flexibility index (Phi) is 8.84. The molecule has 1 aliphatic heterocycles. The number of hydrogen-bond donors (Lipinski definition) is 1. The molecule has 8 nitrogen and oxygen atoms in total.